The molecule has 156 valence electrons. The van der Waals surface area contributed by atoms with E-state index in [1.165, 1.54) is 23.0 Å². The fourth-order valence-electron chi connectivity index (χ4n) is 2.87. The SMILES string of the molecule is O=Cc1ccnc(-n2nccc2OCc2ccc(Cl)cc2OCc2ccc(F)cc2)c1. The number of ether oxygens (including phenoxy) is 2. The lowest BCUT2D eigenvalue weighted by Crippen LogP contribution is -2.06. The van der Waals surface area contributed by atoms with Crippen molar-refractivity contribution >= 4 is 17.9 Å². The van der Waals surface area contributed by atoms with Gasteiger partial charge < -0.3 is 9.47 Å². The van der Waals surface area contributed by atoms with Gasteiger partial charge in [-0.3, -0.25) is 4.79 Å². The van der Waals surface area contributed by atoms with Gasteiger partial charge in [0.1, 0.15) is 31.1 Å². The van der Waals surface area contributed by atoms with Crippen LogP contribution in [0.15, 0.2) is 73.1 Å². The summed E-state index contributed by atoms with van der Waals surface area (Å²) in [6.07, 6.45) is 3.86. The van der Waals surface area contributed by atoms with Crippen LogP contribution in [0.1, 0.15) is 21.5 Å². The summed E-state index contributed by atoms with van der Waals surface area (Å²) in [5, 5.41) is 4.75. The third kappa shape index (κ3) is 5.07. The molecule has 8 heteroatoms. The molecule has 0 aliphatic heterocycles. The Morgan fingerprint density at radius 3 is 2.61 bits per heavy atom. The van der Waals surface area contributed by atoms with Crippen LogP contribution in [-0.2, 0) is 13.2 Å². The highest BCUT2D eigenvalue weighted by atomic mass is 35.5. The number of aromatic nitrogens is 3. The summed E-state index contributed by atoms with van der Waals surface area (Å²) in [7, 11) is 0. The summed E-state index contributed by atoms with van der Waals surface area (Å²) >= 11 is 6.13. The van der Waals surface area contributed by atoms with Crippen LogP contribution in [0.5, 0.6) is 11.6 Å². The van der Waals surface area contributed by atoms with Gasteiger partial charge >= 0.3 is 0 Å². The number of rotatable bonds is 8. The maximum Gasteiger partial charge on any atom is 0.218 e. The van der Waals surface area contributed by atoms with Crippen molar-refractivity contribution in [1.29, 1.82) is 0 Å². The van der Waals surface area contributed by atoms with E-state index < -0.39 is 0 Å². The van der Waals surface area contributed by atoms with Crippen LogP contribution >= 0.6 is 11.6 Å². The van der Waals surface area contributed by atoms with Crippen molar-refractivity contribution in [3.05, 3.63) is 101 Å². The van der Waals surface area contributed by atoms with Crippen molar-refractivity contribution in [3.8, 4) is 17.4 Å². The predicted molar refractivity (Wildman–Crippen MR) is 113 cm³/mol. The number of pyridine rings is 1. The molecule has 2 heterocycles. The summed E-state index contributed by atoms with van der Waals surface area (Å²) in [5.41, 5.74) is 2.09. The molecule has 0 amide bonds. The van der Waals surface area contributed by atoms with Crippen molar-refractivity contribution in [2.24, 2.45) is 0 Å². The molecule has 0 radical (unpaired) electrons. The molecule has 0 N–H and O–H groups in total. The van der Waals surface area contributed by atoms with Crippen LogP contribution in [0.3, 0.4) is 0 Å². The zero-order valence-electron chi connectivity index (χ0n) is 16.2. The third-order valence-electron chi connectivity index (χ3n) is 4.44. The monoisotopic (exact) mass is 437 g/mol. The number of nitrogens with zero attached hydrogens (tertiary/aromatic N) is 3. The molecule has 0 bridgehead atoms. The molecule has 0 spiro atoms. The van der Waals surface area contributed by atoms with Crippen LogP contribution in [0, 0.1) is 5.82 Å². The lowest BCUT2D eigenvalue weighted by Gasteiger charge is -2.14. The normalized spacial score (nSPS) is 10.6. The lowest BCUT2D eigenvalue weighted by molar-refractivity contribution is 0.112. The van der Waals surface area contributed by atoms with Crippen molar-refractivity contribution in [1.82, 2.24) is 14.8 Å². The number of hydrogen-bond acceptors (Lipinski definition) is 5. The van der Waals surface area contributed by atoms with Gasteiger partial charge in [-0.15, -0.1) is 0 Å². The minimum Gasteiger partial charge on any atom is -0.488 e. The highest BCUT2D eigenvalue weighted by molar-refractivity contribution is 6.30. The Bertz CT molecular complexity index is 1190. The lowest BCUT2D eigenvalue weighted by atomic mass is 10.2. The van der Waals surface area contributed by atoms with E-state index in [9.17, 15) is 9.18 Å². The highest BCUT2D eigenvalue weighted by Gasteiger charge is 2.11. The van der Waals surface area contributed by atoms with Crippen LogP contribution < -0.4 is 9.47 Å². The van der Waals surface area contributed by atoms with E-state index in [-0.39, 0.29) is 19.0 Å². The zero-order chi connectivity index (χ0) is 21.6. The number of carbonyl (C=O) groups excluding carboxylic acids is 1. The molecule has 0 aliphatic rings. The van der Waals surface area contributed by atoms with Crippen LogP contribution in [-0.4, -0.2) is 21.1 Å². The first-order valence-electron chi connectivity index (χ1n) is 9.36. The predicted octanol–water partition coefficient (Wildman–Crippen LogP) is 5.03. The van der Waals surface area contributed by atoms with Gasteiger partial charge in [0.2, 0.25) is 5.88 Å². The largest absolute Gasteiger partial charge is 0.488 e. The van der Waals surface area contributed by atoms with Gasteiger partial charge in [0.25, 0.3) is 0 Å². The molecule has 4 rings (SSSR count). The Morgan fingerprint density at radius 1 is 0.968 bits per heavy atom. The second-order valence-electron chi connectivity index (χ2n) is 6.60. The summed E-state index contributed by atoms with van der Waals surface area (Å²) < 4.78 is 26.4. The van der Waals surface area contributed by atoms with Crippen LogP contribution in [0.2, 0.25) is 5.02 Å². The van der Waals surface area contributed by atoms with Crippen molar-refractivity contribution < 1.29 is 18.7 Å². The third-order valence-corrected chi connectivity index (χ3v) is 4.68. The molecule has 0 aliphatic carbocycles. The summed E-state index contributed by atoms with van der Waals surface area (Å²) in [5.74, 6) is 1.18. The van der Waals surface area contributed by atoms with E-state index in [0.717, 1.165) is 17.4 Å². The van der Waals surface area contributed by atoms with Gasteiger partial charge in [0, 0.05) is 28.4 Å². The summed E-state index contributed by atoms with van der Waals surface area (Å²) in [6, 6.07) is 16.3. The quantitative estimate of drug-likeness (QED) is 0.362. The van der Waals surface area contributed by atoms with E-state index in [2.05, 4.69) is 10.1 Å². The van der Waals surface area contributed by atoms with E-state index in [0.29, 0.717) is 28.0 Å². The Hall–Kier alpha value is -3.71. The minimum absolute atomic E-state index is 0.189. The molecule has 0 saturated heterocycles. The Balaban J connectivity index is 1.50. The molecule has 6 nitrogen and oxygen atoms in total. The molecule has 4 aromatic rings. The van der Waals surface area contributed by atoms with E-state index in [1.54, 1.807) is 48.7 Å². The van der Waals surface area contributed by atoms with Crippen molar-refractivity contribution in [3.63, 3.8) is 0 Å². The second kappa shape index (κ2) is 9.40. The number of aldehydes is 1. The van der Waals surface area contributed by atoms with Crippen molar-refractivity contribution in [2.75, 3.05) is 0 Å². The molecule has 0 atom stereocenters. The average molecular weight is 438 g/mol. The topological polar surface area (TPSA) is 66.2 Å². The minimum atomic E-state index is -0.301. The molecular formula is C23H17ClFN3O3. The number of hydrogen-bond donors (Lipinski definition) is 0. The maximum atomic E-state index is 13.1. The van der Waals surface area contributed by atoms with Gasteiger partial charge in [0.05, 0.1) is 6.20 Å². The fourth-order valence-corrected chi connectivity index (χ4v) is 3.03. The first-order chi connectivity index (χ1) is 15.1. The molecule has 0 unspecified atom stereocenters. The molecule has 2 aromatic carbocycles. The molecule has 31 heavy (non-hydrogen) atoms. The van der Waals surface area contributed by atoms with Crippen LogP contribution in [0.25, 0.3) is 5.82 Å². The van der Waals surface area contributed by atoms with E-state index >= 15 is 0 Å². The van der Waals surface area contributed by atoms with Gasteiger partial charge in [-0.05, 0) is 42.0 Å². The van der Waals surface area contributed by atoms with Gasteiger partial charge in [-0.25, -0.2) is 9.37 Å². The summed E-state index contributed by atoms with van der Waals surface area (Å²) in [4.78, 5) is 15.3. The molecule has 0 fully saturated rings. The van der Waals surface area contributed by atoms with E-state index in [1.807, 2.05) is 6.07 Å². The van der Waals surface area contributed by atoms with Gasteiger partial charge in [-0.2, -0.15) is 9.78 Å². The first-order valence-corrected chi connectivity index (χ1v) is 9.74. The molecular weight excluding hydrogens is 421 g/mol. The van der Waals surface area contributed by atoms with Gasteiger partial charge in [0.15, 0.2) is 5.82 Å². The van der Waals surface area contributed by atoms with Crippen molar-refractivity contribution in [2.45, 2.75) is 13.2 Å². The maximum absolute atomic E-state index is 13.1. The second-order valence-corrected chi connectivity index (χ2v) is 7.04. The van der Waals surface area contributed by atoms with E-state index in [4.69, 9.17) is 21.1 Å². The number of halogens is 2. The highest BCUT2D eigenvalue weighted by Crippen LogP contribution is 2.26. The Kier molecular flexibility index (Phi) is 6.24. The number of carbonyl (C=O) groups is 1. The fraction of sp³-hybridized carbons (Fsp3) is 0.0870. The first kappa shape index (κ1) is 20.6. The zero-order valence-corrected chi connectivity index (χ0v) is 17.0. The number of benzene rings is 2. The Labute approximate surface area is 182 Å². The smallest absolute Gasteiger partial charge is 0.218 e. The standard InChI is InChI=1S/C23H17ClFN3O3/c24-19-4-3-18(21(12-19)30-14-16-1-5-20(25)6-2-16)15-31-23-8-10-27-28(23)22-11-17(13-29)7-9-26-22/h1-13H,14-15H2. The summed E-state index contributed by atoms with van der Waals surface area (Å²) in [6.45, 7) is 0.447. The average Bonchev–Trinajstić information content (AvgIpc) is 3.27. The van der Waals surface area contributed by atoms with Crippen LogP contribution in [0.4, 0.5) is 4.39 Å². The Morgan fingerprint density at radius 2 is 1.81 bits per heavy atom. The molecule has 2 aromatic heterocycles. The van der Waals surface area contributed by atoms with Gasteiger partial charge in [-0.1, -0.05) is 29.8 Å². The molecule has 0 saturated carbocycles.